The summed E-state index contributed by atoms with van der Waals surface area (Å²) in [4.78, 5) is 42.9. The van der Waals surface area contributed by atoms with Gasteiger partial charge in [-0.25, -0.2) is 15.0 Å². The first-order valence-electron chi connectivity index (χ1n) is 8.29. The van der Waals surface area contributed by atoms with Gasteiger partial charge in [0.2, 0.25) is 0 Å². The van der Waals surface area contributed by atoms with Gasteiger partial charge in [-0.05, 0) is 38.5 Å². The van der Waals surface area contributed by atoms with Crippen molar-refractivity contribution in [1.82, 2.24) is 15.4 Å². The molecule has 0 aliphatic rings. The number of nitrogens with zero attached hydrogens (tertiary/aromatic N) is 2. The molecule has 0 aliphatic heterocycles. The summed E-state index contributed by atoms with van der Waals surface area (Å²) >= 11 is 0. The van der Waals surface area contributed by atoms with Crippen LogP contribution in [0.5, 0.6) is 0 Å². The number of rotatable bonds is 7. The number of H-pyrrole nitrogens is 1. The molecule has 0 unspecified atom stereocenters. The van der Waals surface area contributed by atoms with Crippen LogP contribution in [0.4, 0.5) is 0 Å². The van der Waals surface area contributed by atoms with Gasteiger partial charge in [0.05, 0.1) is 30.7 Å². The predicted molar refractivity (Wildman–Crippen MR) is 96.7 cm³/mol. The van der Waals surface area contributed by atoms with Crippen LogP contribution >= 0.6 is 0 Å². The Morgan fingerprint density at radius 2 is 1.78 bits per heavy atom. The van der Waals surface area contributed by atoms with Crippen LogP contribution < -0.4 is 5.43 Å². The van der Waals surface area contributed by atoms with Gasteiger partial charge < -0.3 is 14.5 Å². The predicted octanol–water partition coefficient (Wildman–Crippen LogP) is 1.84. The first-order valence-corrected chi connectivity index (χ1v) is 8.29. The molecule has 0 spiro atoms. The molecular weight excluding hydrogens is 352 g/mol. The third kappa shape index (κ3) is 4.78. The van der Waals surface area contributed by atoms with Gasteiger partial charge in [-0.15, -0.1) is 0 Å². The van der Waals surface area contributed by atoms with E-state index in [0.717, 1.165) is 0 Å². The number of aromatic amines is 1. The second kappa shape index (κ2) is 9.27. The van der Waals surface area contributed by atoms with E-state index in [0.29, 0.717) is 11.1 Å². The zero-order valence-corrected chi connectivity index (χ0v) is 15.2. The molecule has 0 saturated heterocycles. The van der Waals surface area contributed by atoms with Crippen LogP contribution in [0.2, 0.25) is 0 Å². The van der Waals surface area contributed by atoms with Crippen molar-refractivity contribution in [1.29, 1.82) is 0 Å². The Morgan fingerprint density at radius 1 is 1.15 bits per heavy atom. The lowest BCUT2D eigenvalue weighted by Crippen LogP contribution is -2.18. The number of hydrazone groups is 1. The monoisotopic (exact) mass is 372 g/mol. The van der Waals surface area contributed by atoms with Gasteiger partial charge in [0.15, 0.2) is 0 Å². The summed E-state index contributed by atoms with van der Waals surface area (Å²) in [7, 11) is 0. The number of esters is 2. The van der Waals surface area contributed by atoms with E-state index in [1.165, 1.54) is 30.7 Å². The van der Waals surface area contributed by atoms with Crippen LogP contribution in [0.3, 0.4) is 0 Å². The Morgan fingerprint density at radius 3 is 2.41 bits per heavy atom. The van der Waals surface area contributed by atoms with Crippen LogP contribution in [0, 0.1) is 6.92 Å². The lowest BCUT2D eigenvalue weighted by molar-refractivity contribution is 0.0518. The van der Waals surface area contributed by atoms with Crippen molar-refractivity contribution >= 4 is 24.1 Å². The van der Waals surface area contributed by atoms with Crippen molar-refractivity contribution in [2.45, 2.75) is 20.8 Å². The smallest absolute Gasteiger partial charge is 0.355 e. The molecule has 0 radical (unpaired) electrons. The topological polar surface area (TPSA) is 123 Å². The van der Waals surface area contributed by atoms with E-state index < -0.39 is 17.8 Å². The number of nitrogens with one attached hydrogen (secondary N) is 2. The van der Waals surface area contributed by atoms with Gasteiger partial charge in [0.25, 0.3) is 5.91 Å². The summed E-state index contributed by atoms with van der Waals surface area (Å²) in [6.45, 7) is 5.32. The molecule has 0 bridgehead atoms. The molecule has 2 aromatic rings. The Bertz CT molecular complexity index is 858. The molecule has 9 nitrogen and oxygen atoms in total. The fourth-order valence-corrected chi connectivity index (χ4v) is 2.31. The minimum atomic E-state index is -0.608. The van der Waals surface area contributed by atoms with Gasteiger partial charge in [-0.2, -0.15) is 5.10 Å². The van der Waals surface area contributed by atoms with Crippen LogP contribution in [-0.4, -0.2) is 47.2 Å². The maximum absolute atomic E-state index is 12.2. The highest BCUT2D eigenvalue weighted by molar-refractivity contribution is 6.04. The number of hydrogen-bond donors (Lipinski definition) is 2. The van der Waals surface area contributed by atoms with Gasteiger partial charge in [-0.1, -0.05) is 0 Å². The molecule has 1 amide bonds. The minimum Gasteiger partial charge on any atom is -0.462 e. The molecule has 0 fully saturated rings. The van der Waals surface area contributed by atoms with Crippen molar-refractivity contribution in [3.63, 3.8) is 0 Å². The van der Waals surface area contributed by atoms with Crippen molar-refractivity contribution in [3.8, 4) is 0 Å². The maximum Gasteiger partial charge on any atom is 0.355 e. The van der Waals surface area contributed by atoms with Crippen molar-refractivity contribution in [2.24, 2.45) is 5.10 Å². The SMILES string of the molecule is CCOC(=O)c1[nH]c(C=NNC(=O)c2ccncc2)c(C(=O)OCC)c1C. The van der Waals surface area contributed by atoms with E-state index in [-0.39, 0.29) is 30.2 Å². The number of ether oxygens (including phenoxy) is 2. The lowest BCUT2D eigenvalue weighted by Gasteiger charge is -2.03. The molecule has 2 N–H and O–H groups in total. The second-order valence-electron chi connectivity index (χ2n) is 5.29. The highest BCUT2D eigenvalue weighted by Crippen LogP contribution is 2.19. The maximum atomic E-state index is 12.2. The summed E-state index contributed by atoms with van der Waals surface area (Å²) in [5, 5.41) is 3.84. The summed E-state index contributed by atoms with van der Waals surface area (Å²) in [5.41, 5.74) is 3.61. The Balaban J connectivity index is 2.28. The largest absolute Gasteiger partial charge is 0.462 e. The molecule has 2 aromatic heterocycles. The van der Waals surface area contributed by atoms with Crippen molar-refractivity contribution < 1.29 is 23.9 Å². The minimum absolute atomic E-state index is 0.127. The van der Waals surface area contributed by atoms with Gasteiger partial charge >= 0.3 is 11.9 Å². The average Bonchev–Trinajstić information content (AvgIpc) is 2.99. The fourth-order valence-electron chi connectivity index (χ4n) is 2.31. The highest BCUT2D eigenvalue weighted by Gasteiger charge is 2.24. The number of carbonyl (C=O) groups is 3. The summed E-state index contributed by atoms with van der Waals surface area (Å²) in [6, 6.07) is 3.07. The van der Waals surface area contributed by atoms with E-state index >= 15 is 0 Å². The van der Waals surface area contributed by atoms with Crippen LogP contribution in [0.25, 0.3) is 0 Å². The quantitative estimate of drug-likeness (QED) is 0.434. The van der Waals surface area contributed by atoms with Gasteiger partial charge in [-0.3, -0.25) is 9.78 Å². The molecular formula is C18H20N4O5. The van der Waals surface area contributed by atoms with E-state index in [2.05, 4.69) is 20.5 Å². The van der Waals surface area contributed by atoms with Gasteiger partial charge in [0, 0.05) is 18.0 Å². The summed E-state index contributed by atoms with van der Waals surface area (Å²) in [6.07, 6.45) is 4.20. The number of hydrogen-bond acceptors (Lipinski definition) is 7. The summed E-state index contributed by atoms with van der Waals surface area (Å²) in [5.74, 6) is -1.65. The normalized spacial score (nSPS) is 10.6. The lowest BCUT2D eigenvalue weighted by atomic mass is 10.1. The molecule has 2 heterocycles. The van der Waals surface area contributed by atoms with E-state index in [1.807, 2.05) is 0 Å². The van der Waals surface area contributed by atoms with Crippen LogP contribution in [-0.2, 0) is 9.47 Å². The van der Waals surface area contributed by atoms with E-state index in [9.17, 15) is 14.4 Å². The number of carbonyl (C=O) groups excluding carboxylic acids is 3. The molecule has 0 aromatic carbocycles. The average molecular weight is 372 g/mol. The van der Waals surface area contributed by atoms with Crippen molar-refractivity contribution in [2.75, 3.05) is 13.2 Å². The molecule has 0 saturated carbocycles. The van der Waals surface area contributed by atoms with E-state index in [4.69, 9.17) is 9.47 Å². The molecule has 27 heavy (non-hydrogen) atoms. The van der Waals surface area contributed by atoms with Crippen molar-refractivity contribution in [3.05, 3.63) is 52.6 Å². The fraction of sp³-hybridized carbons (Fsp3) is 0.278. The Kier molecular flexibility index (Phi) is 6.81. The standard InChI is InChI=1S/C18H20N4O5/c1-4-26-17(24)14-11(3)15(18(25)27-5-2)21-13(14)10-20-22-16(23)12-6-8-19-9-7-12/h6-10,21H,4-5H2,1-3H3,(H,22,23). The number of pyridine rings is 1. The highest BCUT2D eigenvalue weighted by atomic mass is 16.5. The second-order valence-corrected chi connectivity index (χ2v) is 5.29. The first-order chi connectivity index (χ1) is 13.0. The zero-order chi connectivity index (χ0) is 19.8. The van der Waals surface area contributed by atoms with Gasteiger partial charge in [0.1, 0.15) is 5.69 Å². The third-order valence-electron chi connectivity index (χ3n) is 3.54. The Labute approximate surface area is 155 Å². The Hall–Kier alpha value is -3.49. The van der Waals surface area contributed by atoms with Crippen LogP contribution in [0.1, 0.15) is 56.3 Å². The summed E-state index contributed by atoms with van der Waals surface area (Å²) < 4.78 is 10.0. The van der Waals surface area contributed by atoms with E-state index in [1.54, 1.807) is 20.8 Å². The molecule has 0 aliphatic carbocycles. The van der Waals surface area contributed by atoms with Crippen LogP contribution in [0.15, 0.2) is 29.6 Å². The number of aromatic nitrogens is 2. The third-order valence-corrected chi connectivity index (χ3v) is 3.54. The molecule has 2 rings (SSSR count). The molecule has 0 atom stereocenters. The number of amides is 1. The molecule has 142 valence electrons. The first kappa shape index (κ1) is 19.8. The zero-order valence-electron chi connectivity index (χ0n) is 15.2. The molecule has 9 heteroatoms.